The number of hydrogen-bond acceptors (Lipinski definition) is 5. The lowest BCUT2D eigenvalue weighted by Crippen LogP contribution is -2.45. The molecule has 1 N–H and O–H groups in total. The van der Waals surface area contributed by atoms with E-state index in [1.807, 2.05) is 0 Å². The standard InChI is InChI=1S/C14H25N3OS/c1-12-16-13(11-19-12)10-17-7-4-3-5-14(17)9-15-6-8-18-2/h11,14-15H,3-10H2,1-2H3. The van der Waals surface area contributed by atoms with Crippen LogP contribution in [0.2, 0.25) is 0 Å². The van der Waals surface area contributed by atoms with E-state index >= 15 is 0 Å². The molecule has 0 saturated carbocycles. The van der Waals surface area contributed by atoms with E-state index in [9.17, 15) is 0 Å². The first-order chi connectivity index (χ1) is 9.29. The van der Waals surface area contributed by atoms with Crippen molar-refractivity contribution in [3.8, 4) is 0 Å². The fraction of sp³-hybridized carbons (Fsp3) is 0.786. The summed E-state index contributed by atoms with van der Waals surface area (Å²) in [4.78, 5) is 7.17. The Morgan fingerprint density at radius 3 is 3.16 bits per heavy atom. The molecule has 1 saturated heterocycles. The molecule has 1 atom stereocenters. The Hall–Kier alpha value is -0.490. The van der Waals surface area contributed by atoms with E-state index in [0.717, 1.165) is 26.2 Å². The maximum atomic E-state index is 5.07. The normalized spacial score (nSPS) is 20.8. The van der Waals surface area contributed by atoms with Crippen LogP contribution >= 0.6 is 11.3 Å². The van der Waals surface area contributed by atoms with Crippen LogP contribution in [0.3, 0.4) is 0 Å². The van der Waals surface area contributed by atoms with Crippen molar-refractivity contribution in [2.24, 2.45) is 0 Å². The van der Waals surface area contributed by atoms with Crippen molar-refractivity contribution in [3.05, 3.63) is 16.1 Å². The molecule has 0 aliphatic carbocycles. The Morgan fingerprint density at radius 1 is 1.53 bits per heavy atom. The zero-order chi connectivity index (χ0) is 13.5. The summed E-state index contributed by atoms with van der Waals surface area (Å²) in [5.41, 5.74) is 1.23. The number of methoxy groups -OCH3 is 1. The first-order valence-electron chi connectivity index (χ1n) is 7.14. The molecule has 1 unspecified atom stereocenters. The molecule has 0 amide bonds. The van der Waals surface area contributed by atoms with Crippen molar-refractivity contribution < 1.29 is 4.74 Å². The quantitative estimate of drug-likeness (QED) is 0.777. The number of piperidine rings is 1. The molecule has 0 aromatic carbocycles. The monoisotopic (exact) mass is 283 g/mol. The fourth-order valence-corrected chi connectivity index (χ4v) is 3.23. The lowest BCUT2D eigenvalue weighted by Gasteiger charge is -2.35. The summed E-state index contributed by atoms with van der Waals surface area (Å²) in [6.45, 7) is 7.07. The van der Waals surface area contributed by atoms with E-state index in [4.69, 9.17) is 4.74 Å². The smallest absolute Gasteiger partial charge is 0.0897 e. The van der Waals surface area contributed by atoms with E-state index in [1.165, 1.54) is 36.5 Å². The van der Waals surface area contributed by atoms with Gasteiger partial charge in [0.2, 0.25) is 0 Å². The van der Waals surface area contributed by atoms with Crippen LogP contribution in [0.4, 0.5) is 0 Å². The molecular formula is C14H25N3OS. The average molecular weight is 283 g/mol. The van der Waals surface area contributed by atoms with Crippen LogP contribution < -0.4 is 5.32 Å². The van der Waals surface area contributed by atoms with Gasteiger partial charge >= 0.3 is 0 Å². The number of aromatic nitrogens is 1. The van der Waals surface area contributed by atoms with Crippen molar-refractivity contribution >= 4 is 11.3 Å². The third-order valence-electron chi connectivity index (χ3n) is 3.64. The molecule has 1 aromatic rings. The third-order valence-corrected chi connectivity index (χ3v) is 4.47. The van der Waals surface area contributed by atoms with Gasteiger partial charge in [0, 0.05) is 38.2 Å². The van der Waals surface area contributed by atoms with Crippen molar-refractivity contribution in [1.82, 2.24) is 15.2 Å². The fourth-order valence-electron chi connectivity index (χ4n) is 2.63. The van der Waals surface area contributed by atoms with Gasteiger partial charge in [0.25, 0.3) is 0 Å². The second-order valence-corrected chi connectivity index (χ2v) is 6.24. The van der Waals surface area contributed by atoms with Gasteiger partial charge in [-0.2, -0.15) is 0 Å². The van der Waals surface area contributed by atoms with Gasteiger partial charge in [-0.25, -0.2) is 4.98 Å². The summed E-state index contributed by atoms with van der Waals surface area (Å²) in [7, 11) is 1.75. The number of likely N-dealkylation sites (tertiary alicyclic amines) is 1. The van der Waals surface area contributed by atoms with E-state index in [1.54, 1.807) is 18.4 Å². The Bertz CT molecular complexity index is 369. The van der Waals surface area contributed by atoms with Crippen LogP contribution in [-0.4, -0.2) is 49.3 Å². The maximum Gasteiger partial charge on any atom is 0.0897 e. The second-order valence-electron chi connectivity index (χ2n) is 5.17. The van der Waals surface area contributed by atoms with Gasteiger partial charge in [0.05, 0.1) is 17.3 Å². The lowest BCUT2D eigenvalue weighted by molar-refractivity contribution is 0.132. The number of ether oxygens (including phenoxy) is 1. The maximum absolute atomic E-state index is 5.07. The summed E-state index contributed by atoms with van der Waals surface area (Å²) in [5, 5.41) is 6.85. The minimum Gasteiger partial charge on any atom is -0.383 e. The van der Waals surface area contributed by atoms with Crippen LogP contribution in [0.5, 0.6) is 0 Å². The molecular weight excluding hydrogens is 258 g/mol. The van der Waals surface area contributed by atoms with E-state index in [2.05, 4.69) is 27.5 Å². The van der Waals surface area contributed by atoms with E-state index in [0.29, 0.717) is 6.04 Å². The number of thiazole rings is 1. The number of rotatable bonds is 7. The van der Waals surface area contributed by atoms with Gasteiger partial charge in [0.1, 0.15) is 0 Å². The molecule has 0 spiro atoms. The van der Waals surface area contributed by atoms with Crippen molar-refractivity contribution in [3.63, 3.8) is 0 Å². The van der Waals surface area contributed by atoms with Gasteiger partial charge in [-0.3, -0.25) is 4.90 Å². The predicted octanol–water partition coefficient (Wildman–Crippen LogP) is 2.04. The topological polar surface area (TPSA) is 37.4 Å². The highest BCUT2D eigenvalue weighted by Crippen LogP contribution is 2.20. The highest BCUT2D eigenvalue weighted by atomic mass is 32.1. The molecule has 1 aliphatic rings. The zero-order valence-corrected chi connectivity index (χ0v) is 12.8. The molecule has 5 heteroatoms. The van der Waals surface area contributed by atoms with E-state index in [-0.39, 0.29) is 0 Å². The summed E-state index contributed by atoms with van der Waals surface area (Å²) >= 11 is 1.75. The largest absolute Gasteiger partial charge is 0.383 e. The first-order valence-corrected chi connectivity index (χ1v) is 8.02. The van der Waals surface area contributed by atoms with Crippen LogP contribution in [0, 0.1) is 6.92 Å². The van der Waals surface area contributed by atoms with E-state index < -0.39 is 0 Å². The van der Waals surface area contributed by atoms with Crippen LogP contribution in [0.15, 0.2) is 5.38 Å². The summed E-state index contributed by atoms with van der Waals surface area (Å²) in [5.74, 6) is 0. The van der Waals surface area contributed by atoms with Gasteiger partial charge < -0.3 is 10.1 Å². The predicted molar refractivity (Wildman–Crippen MR) is 79.6 cm³/mol. The molecule has 2 rings (SSSR count). The van der Waals surface area contributed by atoms with Crippen molar-refractivity contribution in [2.75, 3.05) is 33.4 Å². The minimum absolute atomic E-state index is 0.646. The Labute approximate surface area is 120 Å². The Kier molecular flexibility index (Phi) is 6.23. The number of aryl methyl sites for hydroxylation is 1. The molecule has 4 nitrogen and oxygen atoms in total. The summed E-state index contributed by atoms with van der Waals surface area (Å²) in [6, 6.07) is 0.646. The zero-order valence-electron chi connectivity index (χ0n) is 12.0. The SMILES string of the molecule is COCCNCC1CCCCN1Cc1csc(C)n1. The van der Waals surface area contributed by atoms with Gasteiger partial charge in [-0.15, -0.1) is 11.3 Å². The Morgan fingerprint density at radius 2 is 2.42 bits per heavy atom. The second kappa shape index (κ2) is 7.94. The lowest BCUT2D eigenvalue weighted by atomic mass is 10.0. The molecule has 1 aromatic heterocycles. The Balaban J connectivity index is 1.81. The number of nitrogens with one attached hydrogen (secondary N) is 1. The first kappa shape index (κ1) is 14.9. The van der Waals surface area contributed by atoms with Crippen LogP contribution in [0.25, 0.3) is 0 Å². The summed E-state index contributed by atoms with van der Waals surface area (Å²) in [6.07, 6.45) is 3.96. The van der Waals surface area contributed by atoms with Gasteiger partial charge in [-0.05, 0) is 26.3 Å². The van der Waals surface area contributed by atoms with Gasteiger partial charge in [-0.1, -0.05) is 6.42 Å². The minimum atomic E-state index is 0.646. The molecule has 108 valence electrons. The molecule has 0 bridgehead atoms. The summed E-state index contributed by atoms with van der Waals surface area (Å²) < 4.78 is 5.07. The van der Waals surface area contributed by atoms with Crippen LogP contribution in [0.1, 0.15) is 30.0 Å². The molecule has 0 radical (unpaired) electrons. The molecule has 1 fully saturated rings. The van der Waals surface area contributed by atoms with Crippen molar-refractivity contribution in [2.45, 2.75) is 38.8 Å². The highest BCUT2D eigenvalue weighted by Gasteiger charge is 2.22. The number of nitrogens with zero attached hydrogens (tertiary/aromatic N) is 2. The molecule has 1 aliphatic heterocycles. The highest BCUT2D eigenvalue weighted by molar-refractivity contribution is 7.09. The van der Waals surface area contributed by atoms with Crippen molar-refractivity contribution in [1.29, 1.82) is 0 Å². The number of hydrogen-bond donors (Lipinski definition) is 1. The van der Waals surface area contributed by atoms with Crippen LogP contribution in [-0.2, 0) is 11.3 Å². The van der Waals surface area contributed by atoms with Gasteiger partial charge in [0.15, 0.2) is 0 Å². The average Bonchev–Trinajstić information content (AvgIpc) is 2.82. The third kappa shape index (κ3) is 4.84. The molecule has 19 heavy (non-hydrogen) atoms. The molecule has 2 heterocycles.